The molecular formula is C10H8Cl2N2O2S2. The number of nitrogens with zero attached hydrogens (tertiary/aromatic N) is 1. The molecule has 0 saturated heterocycles. The van der Waals surface area contributed by atoms with E-state index in [4.69, 9.17) is 23.2 Å². The van der Waals surface area contributed by atoms with E-state index in [0.29, 0.717) is 5.13 Å². The first-order valence-electron chi connectivity index (χ1n) is 4.79. The number of sulfonamides is 1. The van der Waals surface area contributed by atoms with Crippen LogP contribution in [0.1, 0.15) is 5.69 Å². The minimum atomic E-state index is -3.77. The van der Waals surface area contributed by atoms with Crippen molar-refractivity contribution in [1.82, 2.24) is 4.98 Å². The molecule has 18 heavy (non-hydrogen) atoms. The molecule has 0 aliphatic carbocycles. The molecule has 0 aliphatic rings. The molecule has 0 atom stereocenters. The van der Waals surface area contributed by atoms with E-state index in [1.54, 1.807) is 12.3 Å². The van der Waals surface area contributed by atoms with Gasteiger partial charge in [0.2, 0.25) is 0 Å². The maximum Gasteiger partial charge on any atom is 0.265 e. The summed E-state index contributed by atoms with van der Waals surface area (Å²) in [4.78, 5) is 3.96. The molecule has 1 N–H and O–H groups in total. The van der Waals surface area contributed by atoms with Gasteiger partial charge in [0.25, 0.3) is 10.0 Å². The molecule has 8 heteroatoms. The number of nitrogens with one attached hydrogen (secondary N) is 1. The summed E-state index contributed by atoms with van der Waals surface area (Å²) in [6.45, 7) is 1.78. The monoisotopic (exact) mass is 322 g/mol. The van der Waals surface area contributed by atoms with Crippen LogP contribution in [0.5, 0.6) is 0 Å². The Bertz CT molecular complexity index is 683. The summed E-state index contributed by atoms with van der Waals surface area (Å²) in [6.07, 6.45) is 0. The van der Waals surface area contributed by atoms with Gasteiger partial charge in [-0.1, -0.05) is 29.3 Å². The van der Waals surface area contributed by atoms with E-state index >= 15 is 0 Å². The number of anilines is 1. The van der Waals surface area contributed by atoms with Crippen molar-refractivity contribution in [3.63, 3.8) is 0 Å². The number of hydrogen-bond donors (Lipinski definition) is 1. The minimum absolute atomic E-state index is 0.0000512. The van der Waals surface area contributed by atoms with Crippen molar-refractivity contribution in [2.45, 2.75) is 11.8 Å². The van der Waals surface area contributed by atoms with Crippen LogP contribution < -0.4 is 4.72 Å². The lowest BCUT2D eigenvalue weighted by atomic mass is 10.4. The molecule has 0 fully saturated rings. The maximum atomic E-state index is 12.1. The van der Waals surface area contributed by atoms with E-state index in [1.165, 1.54) is 29.5 Å². The zero-order chi connectivity index (χ0) is 13.3. The first-order chi connectivity index (χ1) is 8.40. The molecule has 1 heterocycles. The molecule has 4 nitrogen and oxygen atoms in total. The van der Waals surface area contributed by atoms with E-state index < -0.39 is 10.0 Å². The van der Waals surface area contributed by atoms with E-state index in [0.717, 1.165) is 5.69 Å². The number of rotatable bonds is 3. The Morgan fingerprint density at radius 1 is 1.33 bits per heavy atom. The first kappa shape index (κ1) is 13.6. The second-order valence-corrected chi connectivity index (χ2v) is 6.75. The topological polar surface area (TPSA) is 59.1 Å². The van der Waals surface area contributed by atoms with Crippen molar-refractivity contribution in [3.8, 4) is 0 Å². The summed E-state index contributed by atoms with van der Waals surface area (Å²) in [7, 11) is -3.77. The van der Waals surface area contributed by atoms with Gasteiger partial charge in [0.05, 0.1) is 15.7 Å². The number of benzene rings is 1. The summed E-state index contributed by atoms with van der Waals surface area (Å²) < 4.78 is 26.6. The molecule has 2 aromatic rings. The number of aromatic nitrogens is 1. The van der Waals surface area contributed by atoms with Crippen molar-refractivity contribution >= 4 is 49.7 Å². The quantitative estimate of drug-likeness (QED) is 0.939. The lowest BCUT2D eigenvalue weighted by molar-refractivity contribution is 0.601. The van der Waals surface area contributed by atoms with Gasteiger partial charge in [0.15, 0.2) is 5.13 Å². The molecule has 0 unspecified atom stereocenters. The maximum absolute atomic E-state index is 12.1. The standard InChI is InChI=1S/C10H8Cl2N2O2S2/c1-6-5-17-10(13-6)14-18(15,16)8-4-2-3-7(11)9(8)12/h2-5H,1H3,(H,13,14). The van der Waals surface area contributed by atoms with Crippen LogP contribution >= 0.6 is 34.5 Å². The summed E-state index contributed by atoms with van der Waals surface area (Å²) in [5.74, 6) is 0. The van der Waals surface area contributed by atoms with Gasteiger partial charge in [0, 0.05) is 5.38 Å². The Kier molecular flexibility index (Phi) is 3.82. The second-order valence-electron chi connectivity index (χ2n) is 3.45. The summed E-state index contributed by atoms with van der Waals surface area (Å²) in [6, 6.07) is 4.43. The van der Waals surface area contributed by atoms with E-state index in [9.17, 15) is 8.42 Å². The van der Waals surface area contributed by atoms with Gasteiger partial charge in [-0.3, -0.25) is 4.72 Å². The lowest BCUT2D eigenvalue weighted by Gasteiger charge is -2.07. The first-order valence-corrected chi connectivity index (χ1v) is 7.91. The zero-order valence-electron chi connectivity index (χ0n) is 9.15. The average molecular weight is 323 g/mol. The van der Waals surface area contributed by atoms with Crippen molar-refractivity contribution in [1.29, 1.82) is 0 Å². The van der Waals surface area contributed by atoms with Gasteiger partial charge in [-0.2, -0.15) is 0 Å². The van der Waals surface area contributed by atoms with E-state index in [-0.39, 0.29) is 14.9 Å². The van der Waals surface area contributed by atoms with Gasteiger partial charge < -0.3 is 0 Å². The molecule has 0 saturated carbocycles. The Balaban J connectivity index is 2.40. The third-order valence-corrected chi connectivity index (χ3v) is 5.36. The van der Waals surface area contributed by atoms with Crippen molar-refractivity contribution in [2.24, 2.45) is 0 Å². The molecule has 1 aromatic heterocycles. The summed E-state index contributed by atoms with van der Waals surface area (Å²) >= 11 is 12.9. The Morgan fingerprint density at radius 2 is 2.06 bits per heavy atom. The number of thiazole rings is 1. The second kappa shape index (κ2) is 5.05. The highest BCUT2D eigenvalue weighted by molar-refractivity contribution is 7.93. The van der Waals surface area contributed by atoms with Crippen LogP contribution in [0, 0.1) is 6.92 Å². The Labute approximate surface area is 119 Å². The third-order valence-electron chi connectivity index (χ3n) is 2.05. The van der Waals surface area contributed by atoms with Crippen LogP contribution in [-0.2, 0) is 10.0 Å². The van der Waals surface area contributed by atoms with Gasteiger partial charge in [0.1, 0.15) is 4.90 Å². The summed E-state index contributed by atoms with van der Waals surface area (Å²) in [5, 5.41) is 2.23. The van der Waals surface area contributed by atoms with Crippen molar-refractivity contribution in [3.05, 3.63) is 39.3 Å². The third kappa shape index (κ3) is 2.77. The fourth-order valence-electron chi connectivity index (χ4n) is 1.26. The molecule has 1 aromatic carbocycles. The minimum Gasteiger partial charge on any atom is -0.255 e. The molecule has 0 radical (unpaired) electrons. The van der Waals surface area contributed by atoms with Gasteiger partial charge in [-0.05, 0) is 19.1 Å². The molecule has 0 amide bonds. The molecule has 2 rings (SSSR count). The molecule has 0 bridgehead atoms. The Hall–Kier alpha value is -0.820. The Morgan fingerprint density at radius 3 is 2.67 bits per heavy atom. The van der Waals surface area contributed by atoms with Gasteiger partial charge >= 0.3 is 0 Å². The number of halogens is 2. The molecule has 96 valence electrons. The highest BCUT2D eigenvalue weighted by Crippen LogP contribution is 2.30. The fourth-order valence-corrected chi connectivity index (χ4v) is 3.97. The zero-order valence-corrected chi connectivity index (χ0v) is 12.3. The van der Waals surface area contributed by atoms with Gasteiger partial charge in [-0.25, -0.2) is 13.4 Å². The van der Waals surface area contributed by atoms with E-state index in [1.807, 2.05) is 0 Å². The van der Waals surface area contributed by atoms with Crippen LogP contribution in [0.15, 0.2) is 28.5 Å². The predicted molar refractivity (Wildman–Crippen MR) is 74.1 cm³/mol. The normalized spacial score (nSPS) is 11.5. The molecule has 0 spiro atoms. The fraction of sp³-hybridized carbons (Fsp3) is 0.100. The van der Waals surface area contributed by atoms with Crippen molar-refractivity contribution < 1.29 is 8.42 Å². The number of hydrogen-bond acceptors (Lipinski definition) is 4. The molecular weight excluding hydrogens is 315 g/mol. The highest BCUT2D eigenvalue weighted by atomic mass is 35.5. The SMILES string of the molecule is Cc1csc(NS(=O)(=O)c2cccc(Cl)c2Cl)n1. The van der Waals surface area contributed by atoms with Crippen LogP contribution in [0.25, 0.3) is 0 Å². The predicted octanol–water partition coefficient (Wildman–Crippen LogP) is 3.56. The van der Waals surface area contributed by atoms with Crippen LogP contribution in [0.2, 0.25) is 10.0 Å². The summed E-state index contributed by atoms with van der Waals surface area (Å²) in [5.41, 5.74) is 0.745. The van der Waals surface area contributed by atoms with Crippen LogP contribution in [0.4, 0.5) is 5.13 Å². The van der Waals surface area contributed by atoms with Crippen LogP contribution in [0.3, 0.4) is 0 Å². The average Bonchev–Trinajstić information content (AvgIpc) is 2.67. The van der Waals surface area contributed by atoms with Gasteiger partial charge in [-0.15, -0.1) is 11.3 Å². The number of aryl methyl sites for hydroxylation is 1. The smallest absolute Gasteiger partial charge is 0.255 e. The lowest BCUT2D eigenvalue weighted by Crippen LogP contribution is -2.13. The largest absolute Gasteiger partial charge is 0.265 e. The highest BCUT2D eigenvalue weighted by Gasteiger charge is 2.20. The van der Waals surface area contributed by atoms with E-state index in [2.05, 4.69) is 9.71 Å². The van der Waals surface area contributed by atoms with Crippen LogP contribution in [-0.4, -0.2) is 13.4 Å². The van der Waals surface area contributed by atoms with Crippen molar-refractivity contribution in [2.75, 3.05) is 4.72 Å². The molecule has 0 aliphatic heterocycles.